The van der Waals surface area contributed by atoms with Gasteiger partial charge in [-0.15, -0.1) is 0 Å². The summed E-state index contributed by atoms with van der Waals surface area (Å²) in [6.07, 6.45) is 1.29. The molecule has 80 valence electrons. The lowest BCUT2D eigenvalue weighted by Crippen LogP contribution is -2.24. The minimum absolute atomic E-state index is 0.355. The first-order valence-corrected chi connectivity index (χ1v) is 6.08. The third kappa shape index (κ3) is 1.33. The summed E-state index contributed by atoms with van der Waals surface area (Å²) >= 11 is 12.0. The molecular formula is C12H13Cl2N. The Morgan fingerprint density at radius 2 is 2.13 bits per heavy atom. The van der Waals surface area contributed by atoms with Crippen molar-refractivity contribution in [2.24, 2.45) is 5.92 Å². The van der Waals surface area contributed by atoms with E-state index in [2.05, 4.69) is 18.3 Å². The molecule has 2 aliphatic rings. The van der Waals surface area contributed by atoms with Crippen LogP contribution in [0.3, 0.4) is 0 Å². The maximum absolute atomic E-state index is 6.06. The van der Waals surface area contributed by atoms with Crippen LogP contribution < -0.4 is 5.32 Å². The van der Waals surface area contributed by atoms with E-state index in [1.54, 1.807) is 0 Å². The fourth-order valence-corrected chi connectivity index (χ4v) is 3.22. The summed E-state index contributed by atoms with van der Waals surface area (Å²) in [5.41, 5.74) is 1.70. The summed E-state index contributed by atoms with van der Waals surface area (Å²) in [6.45, 7) is 3.34. The monoisotopic (exact) mass is 241 g/mol. The zero-order valence-electron chi connectivity index (χ0n) is 8.56. The van der Waals surface area contributed by atoms with Crippen LogP contribution in [0.15, 0.2) is 18.2 Å². The molecule has 0 spiro atoms. The van der Waals surface area contributed by atoms with E-state index in [1.807, 2.05) is 12.1 Å². The average molecular weight is 242 g/mol. The molecule has 1 nitrogen and oxygen atoms in total. The predicted molar refractivity (Wildman–Crippen MR) is 63.7 cm³/mol. The van der Waals surface area contributed by atoms with E-state index in [1.165, 1.54) is 12.0 Å². The molecule has 0 amide bonds. The summed E-state index contributed by atoms with van der Waals surface area (Å²) in [4.78, 5) is 0. The molecule has 3 atom stereocenters. The van der Waals surface area contributed by atoms with Crippen molar-refractivity contribution in [3.05, 3.63) is 33.8 Å². The lowest BCUT2D eigenvalue weighted by molar-refractivity contribution is 0.578. The van der Waals surface area contributed by atoms with Crippen LogP contribution in [0.25, 0.3) is 0 Å². The normalized spacial score (nSPS) is 37.8. The Hall–Kier alpha value is -0.240. The van der Waals surface area contributed by atoms with Crippen LogP contribution in [0.2, 0.25) is 10.0 Å². The van der Waals surface area contributed by atoms with E-state index in [-0.39, 0.29) is 0 Å². The van der Waals surface area contributed by atoms with Gasteiger partial charge in [-0.3, -0.25) is 0 Å². The van der Waals surface area contributed by atoms with E-state index < -0.39 is 0 Å². The van der Waals surface area contributed by atoms with Gasteiger partial charge in [-0.05, 0) is 37.0 Å². The highest BCUT2D eigenvalue weighted by molar-refractivity contribution is 6.42. The fourth-order valence-electron chi connectivity index (χ4n) is 2.92. The molecular weight excluding hydrogens is 229 g/mol. The first-order chi connectivity index (χ1) is 7.13. The van der Waals surface area contributed by atoms with Crippen LogP contribution in [-0.4, -0.2) is 12.6 Å². The van der Waals surface area contributed by atoms with Crippen molar-refractivity contribution >= 4 is 23.2 Å². The second-order valence-electron chi connectivity index (χ2n) is 4.77. The Bertz CT molecular complexity index is 418. The molecule has 1 aliphatic heterocycles. The number of fused-ring (bicyclic) bond motifs is 1. The summed E-state index contributed by atoms with van der Waals surface area (Å²) in [6, 6.07) is 6.70. The van der Waals surface area contributed by atoms with E-state index in [0.717, 1.165) is 12.5 Å². The van der Waals surface area contributed by atoms with Crippen LogP contribution in [0.4, 0.5) is 0 Å². The molecule has 1 aromatic carbocycles. The van der Waals surface area contributed by atoms with Crippen LogP contribution in [0.5, 0.6) is 0 Å². The number of halogens is 2. The second kappa shape index (κ2) is 3.13. The van der Waals surface area contributed by atoms with E-state index in [0.29, 0.717) is 21.5 Å². The number of piperidine rings is 1. The Morgan fingerprint density at radius 3 is 2.67 bits per heavy atom. The smallest absolute Gasteiger partial charge is 0.0595 e. The van der Waals surface area contributed by atoms with Gasteiger partial charge in [0, 0.05) is 18.0 Å². The van der Waals surface area contributed by atoms with Crippen molar-refractivity contribution in [3.63, 3.8) is 0 Å². The number of rotatable bonds is 1. The molecule has 1 saturated carbocycles. The molecule has 0 radical (unpaired) electrons. The molecule has 15 heavy (non-hydrogen) atoms. The van der Waals surface area contributed by atoms with E-state index in [9.17, 15) is 0 Å². The number of benzene rings is 1. The van der Waals surface area contributed by atoms with Crippen molar-refractivity contribution in [1.29, 1.82) is 0 Å². The van der Waals surface area contributed by atoms with Crippen LogP contribution in [-0.2, 0) is 5.41 Å². The van der Waals surface area contributed by atoms with Gasteiger partial charge in [0.05, 0.1) is 10.0 Å². The van der Waals surface area contributed by atoms with Gasteiger partial charge in [0.25, 0.3) is 0 Å². The Kier molecular flexibility index (Phi) is 2.08. The molecule has 3 unspecified atom stereocenters. The summed E-state index contributed by atoms with van der Waals surface area (Å²) < 4.78 is 0. The van der Waals surface area contributed by atoms with E-state index in [4.69, 9.17) is 23.2 Å². The van der Waals surface area contributed by atoms with Crippen molar-refractivity contribution in [2.45, 2.75) is 24.8 Å². The van der Waals surface area contributed by atoms with Gasteiger partial charge in [0.15, 0.2) is 0 Å². The quantitative estimate of drug-likeness (QED) is 0.797. The van der Waals surface area contributed by atoms with Crippen LogP contribution in [0, 0.1) is 5.92 Å². The molecule has 0 bridgehead atoms. The zero-order chi connectivity index (χ0) is 10.6. The van der Waals surface area contributed by atoms with E-state index >= 15 is 0 Å². The summed E-state index contributed by atoms with van der Waals surface area (Å²) in [5.74, 6) is 0.787. The maximum atomic E-state index is 6.06. The molecule has 3 heteroatoms. The number of hydrogen-bond acceptors (Lipinski definition) is 1. The second-order valence-corrected chi connectivity index (χ2v) is 5.58. The van der Waals surface area contributed by atoms with Crippen molar-refractivity contribution < 1.29 is 0 Å². The SMILES string of the molecule is CC1NCC2(c3ccc(Cl)c(Cl)c3)CC12. The predicted octanol–water partition coefficient (Wildman–Crippen LogP) is 3.24. The molecule has 1 N–H and O–H groups in total. The van der Waals surface area contributed by atoms with Crippen molar-refractivity contribution in [2.75, 3.05) is 6.54 Å². The Balaban J connectivity index is 1.98. The molecule has 1 saturated heterocycles. The number of nitrogens with one attached hydrogen (secondary N) is 1. The Labute approximate surface area is 99.8 Å². The largest absolute Gasteiger partial charge is 0.313 e. The van der Waals surface area contributed by atoms with Crippen LogP contribution >= 0.6 is 23.2 Å². The highest BCUT2D eigenvalue weighted by Gasteiger charge is 2.61. The standard InChI is InChI=1S/C12H13Cl2N/c1-7-9-5-12(9,6-15-7)8-2-3-10(13)11(14)4-8/h2-4,7,9,15H,5-6H2,1H3. The third-order valence-electron chi connectivity index (χ3n) is 3.97. The van der Waals surface area contributed by atoms with Gasteiger partial charge in [0.1, 0.15) is 0 Å². The minimum Gasteiger partial charge on any atom is -0.313 e. The minimum atomic E-state index is 0.355. The highest BCUT2D eigenvalue weighted by atomic mass is 35.5. The molecule has 1 aliphatic carbocycles. The summed E-state index contributed by atoms with van der Waals surface area (Å²) in [5, 5.41) is 4.84. The molecule has 1 aromatic rings. The van der Waals surface area contributed by atoms with Gasteiger partial charge in [-0.25, -0.2) is 0 Å². The van der Waals surface area contributed by atoms with Crippen molar-refractivity contribution in [3.8, 4) is 0 Å². The van der Waals surface area contributed by atoms with Gasteiger partial charge >= 0.3 is 0 Å². The van der Waals surface area contributed by atoms with Gasteiger partial charge < -0.3 is 5.32 Å². The lowest BCUT2D eigenvalue weighted by Gasteiger charge is -2.12. The van der Waals surface area contributed by atoms with Crippen LogP contribution in [0.1, 0.15) is 18.9 Å². The van der Waals surface area contributed by atoms with Gasteiger partial charge in [-0.2, -0.15) is 0 Å². The lowest BCUT2D eigenvalue weighted by atomic mass is 9.94. The molecule has 3 rings (SSSR count). The first-order valence-electron chi connectivity index (χ1n) is 5.32. The number of hydrogen-bond donors (Lipinski definition) is 1. The zero-order valence-corrected chi connectivity index (χ0v) is 10.1. The summed E-state index contributed by atoms with van der Waals surface area (Å²) in [7, 11) is 0. The Morgan fingerprint density at radius 1 is 1.33 bits per heavy atom. The molecule has 0 aromatic heterocycles. The van der Waals surface area contributed by atoms with Gasteiger partial charge in [0.2, 0.25) is 0 Å². The van der Waals surface area contributed by atoms with Crippen molar-refractivity contribution in [1.82, 2.24) is 5.32 Å². The fraction of sp³-hybridized carbons (Fsp3) is 0.500. The molecule has 1 heterocycles. The highest BCUT2D eigenvalue weighted by Crippen LogP contribution is 2.59. The van der Waals surface area contributed by atoms with Gasteiger partial charge in [-0.1, -0.05) is 29.3 Å². The topological polar surface area (TPSA) is 12.0 Å². The maximum Gasteiger partial charge on any atom is 0.0595 e. The third-order valence-corrected chi connectivity index (χ3v) is 4.71. The first kappa shape index (κ1) is 9.95. The average Bonchev–Trinajstić information content (AvgIpc) is 2.88. The molecule has 2 fully saturated rings.